The van der Waals surface area contributed by atoms with Crippen LogP contribution in [0.25, 0.3) is 10.9 Å². The van der Waals surface area contributed by atoms with Crippen LogP contribution in [0.15, 0.2) is 43.0 Å². The van der Waals surface area contributed by atoms with E-state index in [1.807, 2.05) is 45.0 Å². The van der Waals surface area contributed by atoms with Crippen LogP contribution in [0.5, 0.6) is 0 Å². The monoisotopic (exact) mass is 845 g/mol. The number of nitrogens with one attached hydrogen (secondary N) is 5. The minimum atomic E-state index is -4.12. The fraction of sp³-hybridized carbons (Fsp3) is 0.667. The number of fused-ring (bicyclic) bond motifs is 2. The average molecular weight is 846 g/mol. The maximum absolute atomic E-state index is 15.3. The number of H-pyrrole nitrogens is 1. The van der Waals surface area contributed by atoms with E-state index in [1.54, 1.807) is 17.0 Å². The Balaban J connectivity index is 1.06. The zero-order valence-corrected chi connectivity index (χ0v) is 36.6. The van der Waals surface area contributed by atoms with Crippen LogP contribution in [0.2, 0.25) is 0 Å². The molecule has 6 aliphatic rings. The average Bonchev–Trinajstić information content (AvgIpc) is 3.59. The van der Waals surface area contributed by atoms with Crippen molar-refractivity contribution in [1.82, 2.24) is 34.9 Å². The lowest BCUT2D eigenvalue weighted by molar-refractivity contribution is -0.145. The molecule has 2 spiro atoms. The van der Waals surface area contributed by atoms with Gasteiger partial charge in [-0.25, -0.2) is 4.72 Å². The van der Waals surface area contributed by atoms with Crippen LogP contribution in [0.4, 0.5) is 0 Å². The van der Waals surface area contributed by atoms with Gasteiger partial charge in [-0.15, -0.1) is 6.58 Å². The highest BCUT2D eigenvalue weighted by molar-refractivity contribution is 7.87. The molecule has 2 saturated heterocycles. The summed E-state index contributed by atoms with van der Waals surface area (Å²) in [6.07, 6.45) is 11.0. The first kappa shape index (κ1) is 42.5. The number of benzene rings is 1. The molecule has 6 atom stereocenters. The molecule has 2 aromatic rings. The van der Waals surface area contributed by atoms with Crippen molar-refractivity contribution in [2.24, 2.45) is 33.5 Å². The standard InChI is InChI=1S/C45H63N7O7S/c1-7-30-25-45(30,40(57)50-60(58,59)51-22-13-14-23-51)49-37(54)33-26-44(42(5,6)43(44)20-15-21-43)27-52(33)39(56)35(41(2,3)4)48-38(55)34(28-16-9-8-10-17-28)47-36(53)32-24-29-18-11-12-19-31(29)46-32/h7,11-12,18-19,24,28,30,33-35,46H,1,8-10,13-17,20-23,25-27H2,2-6H3,(H,47,53)(H,48,55)(H,49,54)(H,50,57)/t30-,33+,34?,35-,44-,45-/m1/s1. The number of amides is 5. The second-order valence-electron chi connectivity index (χ2n) is 20.3. The largest absolute Gasteiger partial charge is 0.351 e. The van der Waals surface area contributed by atoms with Crippen molar-refractivity contribution in [2.45, 2.75) is 135 Å². The van der Waals surface area contributed by atoms with Gasteiger partial charge in [0.05, 0.1) is 0 Å². The summed E-state index contributed by atoms with van der Waals surface area (Å²) in [6.45, 7) is 14.9. The molecule has 5 N–H and O–H groups in total. The van der Waals surface area contributed by atoms with E-state index < -0.39 is 74.7 Å². The van der Waals surface area contributed by atoms with E-state index in [9.17, 15) is 27.6 Å². The molecule has 8 rings (SSSR count). The Morgan fingerprint density at radius 1 is 0.917 bits per heavy atom. The lowest BCUT2D eigenvalue weighted by Crippen LogP contribution is -2.62. The summed E-state index contributed by atoms with van der Waals surface area (Å²) in [5.74, 6) is -3.22. The minimum absolute atomic E-state index is 0.0326. The van der Waals surface area contributed by atoms with Crippen LogP contribution in [-0.4, -0.2) is 95.4 Å². The number of carbonyl (C=O) groups excluding carboxylic acids is 5. The number of likely N-dealkylation sites (tertiary alicyclic amines) is 1. The van der Waals surface area contributed by atoms with Gasteiger partial charge in [0.2, 0.25) is 17.7 Å². The van der Waals surface area contributed by atoms with E-state index in [-0.39, 0.29) is 28.6 Å². The number of aromatic amines is 1. The molecule has 14 nitrogen and oxygen atoms in total. The first-order valence-electron chi connectivity index (χ1n) is 22.1. The zero-order chi connectivity index (χ0) is 43.0. The van der Waals surface area contributed by atoms with Crippen molar-refractivity contribution in [2.75, 3.05) is 19.6 Å². The Kier molecular flexibility index (Phi) is 10.6. The molecule has 326 valence electrons. The molecule has 5 amide bonds. The third kappa shape index (κ3) is 6.85. The van der Waals surface area contributed by atoms with Gasteiger partial charge in [-0.2, -0.15) is 12.7 Å². The van der Waals surface area contributed by atoms with Gasteiger partial charge in [-0.1, -0.05) is 84.6 Å². The summed E-state index contributed by atoms with van der Waals surface area (Å²) in [5.41, 5.74) is -1.72. The Morgan fingerprint density at radius 2 is 1.60 bits per heavy atom. The van der Waals surface area contributed by atoms with Crippen molar-refractivity contribution in [3.63, 3.8) is 0 Å². The summed E-state index contributed by atoms with van der Waals surface area (Å²) in [4.78, 5) is 77.1. The van der Waals surface area contributed by atoms with Gasteiger partial charge in [0.15, 0.2) is 0 Å². The lowest BCUT2D eigenvalue weighted by Gasteiger charge is -2.38. The van der Waals surface area contributed by atoms with Crippen LogP contribution in [0.1, 0.15) is 122 Å². The second-order valence-corrected chi connectivity index (χ2v) is 22.0. The fourth-order valence-corrected chi connectivity index (χ4v) is 13.2. The van der Waals surface area contributed by atoms with Crippen LogP contribution in [-0.2, 0) is 29.4 Å². The zero-order valence-electron chi connectivity index (χ0n) is 35.8. The van der Waals surface area contributed by atoms with E-state index >= 15 is 4.79 Å². The fourth-order valence-electron chi connectivity index (χ4n) is 11.9. The van der Waals surface area contributed by atoms with Gasteiger partial charge in [0.1, 0.15) is 29.4 Å². The first-order valence-corrected chi connectivity index (χ1v) is 23.5. The van der Waals surface area contributed by atoms with E-state index in [0.29, 0.717) is 44.6 Å². The molecule has 15 heteroatoms. The van der Waals surface area contributed by atoms with Gasteiger partial charge in [-0.3, -0.25) is 24.0 Å². The molecular formula is C45H63N7O7S. The molecule has 2 aliphatic heterocycles. The number of rotatable bonds is 12. The third-order valence-corrected chi connectivity index (χ3v) is 17.4. The molecule has 0 bridgehead atoms. The molecule has 1 aromatic carbocycles. The van der Waals surface area contributed by atoms with Gasteiger partial charge in [0, 0.05) is 41.9 Å². The first-order chi connectivity index (χ1) is 28.3. The van der Waals surface area contributed by atoms with Crippen LogP contribution >= 0.6 is 0 Å². The van der Waals surface area contributed by atoms with E-state index in [1.165, 1.54) is 4.31 Å². The van der Waals surface area contributed by atoms with Gasteiger partial charge in [0.25, 0.3) is 11.8 Å². The molecule has 3 heterocycles. The number of aromatic nitrogens is 1. The minimum Gasteiger partial charge on any atom is -0.351 e. The van der Waals surface area contributed by atoms with Crippen molar-refractivity contribution in [1.29, 1.82) is 0 Å². The molecule has 1 aromatic heterocycles. The maximum atomic E-state index is 15.3. The number of para-hydroxylation sites is 1. The summed E-state index contributed by atoms with van der Waals surface area (Å²) in [7, 11) is -4.12. The number of hydrogen-bond acceptors (Lipinski definition) is 7. The predicted octanol–water partition coefficient (Wildman–Crippen LogP) is 4.69. The van der Waals surface area contributed by atoms with Gasteiger partial charge in [-0.05, 0) is 85.7 Å². The van der Waals surface area contributed by atoms with E-state index in [4.69, 9.17) is 0 Å². The van der Waals surface area contributed by atoms with Gasteiger partial charge < -0.3 is 25.8 Å². The van der Waals surface area contributed by atoms with E-state index in [2.05, 4.69) is 46.1 Å². The van der Waals surface area contributed by atoms with Crippen molar-refractivity contribution >= 4 is 50.6 Å². The molecule has 60 heavy (non-hydrogen) atoms. The highest BCUT2D eigenvalue weighted by atomic mass is 32.2. The Hall–Kier alpha value is -4.24. The number of nitrogens with zero attached hydrogens (tertiary/aromatic N) is 2. The quantitative estimate of drug-likeness (QED) is 0.192. The molecule has 1 unspecified atom stereocenters. The molecule has 4 saturated carbocycles. The molecule has 0 radical (unpaired) electrons. The van der Waals surface area contributed by atoms with Gasteiger partial charge >= 0.3 is 10.2 Å². The van der Waals surface area contributed by atoms with E-state index in [0.717, 1.165) is 62.3 Å². The van der Waals surface area contributed by atoms with Crippen LogP contribution in [0.3, 0.4) is 0 Å². The smallest absolute Gasteiger partial charge is 0.303 e. The summed E-state index contributed by atoms with van der Waals surface area (Å²) >= 11 is 0. The lowest BCUT2D eigenvalue weighted by atomic mass is 9.73. The molecule has 6 fully saturated rings. The van der Waals surface area contributed by atoms with Crippen LogP contribution in [0, 0.1) is 33.5 Å². The van der Waals surface area contributed by atoms with Crippen molar-refractivity contribution < 1.29 is 32.4 Å². The molecular weight excluding hydrogens is 783 g/mol. The van der Waals surface area contributed by atoms with Crippen molar-refractivity contribution in [3.8, 4) is 0 Å². The normalized spacial score (nSPS) is 29.4. The third-order valence-electron chi connectivity index (χ3n) is 15.9. The van der Waals surface area contributed by atoms with Crippen molar-refractivity contribution in [3.05, 3.63) is 48.7 Å². The highest BCUT2D eigenvalue weighted by Gasteiger charge is 2.85. The Morgan fingerprint density at radius 3 is 2.18 bits per heavy atom. The Bertz CT molecular complexity index is 2160. The Labute approximate surface area is 354 Å². The summed E-state index contributed by atoms with van der Waals surface area (Å²) < 4.78 is 29.9. The number of hydrogen-bond donors (Lipinski definition) is 5. The predicted molar refractivity (Wildman–Crippen MR) is 227 cm³/mol. The number of carbonyl (C=O) groups is 5. The SMILES string of the molecule is C=C[C@@H]1C[C@]1(NC(=O)[C@@H]1C[C@@]2(CN1C(=O)[C@@H](NC(=O)C(NC(=O)c1cc3ccccc3[nH]1)C1CCCCC1)C(C)(C)C)C(C)(C)C21CCC1)C(=O)NS(=O)(=O)N1CCCC1. The summed E-state index contributed by atoms with van der Waals surface area (Å²) in [6, 6.07) is 6.42. The molecule has 4 aliphatic carbocycles. The second kappa shape index (κ2) is 15.0. The summed E-state index contributed by atoms with van der Waals surface area (Å²) in [5, 5.41) is 9.98. The van der Waals surface area contributed by atoms with Crippen LogP contribution < -0.4 is 20.7 Å². The highest BCUT2D eigenvalue weighted by Crippen LogP contribution is 2.88. The maximum Gasteiger partial charge on any atom is 0.303 e. The topological polar surface area (TPSA) is 190 Å².